The molecule has 0 unspecified atom stereocenters. The summed E-state index contributed by atoms with van der Waals surface area (Å²) in [6, 6.07) is 3.72. The molecule has 0 aliphatic carbocycles. The molecule has 0 amide bonds. The van der Waals surface area contributed by atoms with Gasteiger partial charge in [0.1, 0.15) is 6.61 Å². The molecule has 0 saturated carbocycles. The highest BCUT2D eigenvalue weighted by atomic mass is 35.5. The van der Waals surface area contributed by atoms with Crippen molar-refractivity contribution in [2.45, 2.75) is 33.4 Å². The zero-order valence-corrected chi connectivity index (χ0v) is 15.4. The largest absolute Gasteiger partial charge is 0.486 e. The van der Waals surface area contributed by atoms with Crippen molar-refractivity contribution >= 4 is 23.2 Å². The average Bonchev–Trinajstić information content (AvgIpc) is 3.01. The van der Waals surface area contributed by atoms with E-state index in [1.807, 2.05) is 19.1 Å². The maximum Gasteiger partial charge on any atom is 0.230 e. The summed E-state index contributed by atoms with van der Waals surface area (Å²) < 4.78 is 11.1. The number of hydrogen-bond acceptors (Lipinski definition) is 5. The number of aryl methyl sites for hydroxylation is 1. The molecule has 1 heterocycles. The van der Waals surface area contributed by atoms with Gasteiger partial charge >= 0.3 is 0 Å². The van der Waals surface area contributed by atoms with Crippen LogP contribution in [0.15, 0.2) is 29.2 Å². The van der Waals surface area contributed by atoms with Crippen LogP contribution in [-0.2, 0) is 19.5 Å². The van der Waals surface area contributed by atoms with Gasteiger partial charge in [-0.25, -0.2) is 0 Å². The van der Waals surface area contributed by atoms with Crippen LogP contribution in [0.5, 0.6) is 5.75 Å². The number of rotatable bonds is 9. The van der Waals surface area contributed by atoms with Gasteiger partial charge in [0.05, 0.1) is 16.6 Å². The molecule has 0 aliphatic heterocycles. The Hall–Kier alpha value is -1.56. The van der Waals surface area contributed by atoms with E-state index in [9.17, 15) is 0 Å². The number of benzene rings is 1. The fourth-order valence-electron chi connectivity index (χ4n) is 2.21. The average molecular weight is 370 g/mol. The molecule has 0 fully saturated rings. The summed E-state index contributed by atoms with van der Waals surface area (Å²) >= 11 is 12.6. The van der Waals surface area contributed by atoms with E-state index in [0.29, 0.717) is 47.3 Å². The van der Waals surface area contributed by atoms with Crippen LogP contribution in [0.3, 0.4) is 0 Å². The molecule has 0 aliphatic rings. The lowest BCUT2D eigenvalue weighted by molar-refractivity contribution is 0.240. The van der Waals surface area contributed by atoms with Gasteiger partial charge in [0, 0.05) is 13.0 Å². The summed E-state index contributed by atoms with van der Waals surface area (Å²) in [6.45, 7) is 10.1. The first-order valence-corrected chi connectivity index (χ1v) is 8.58. The highest BCUT2D eigenvalue weighted by Crippen LogP contribution is 2.34. The maximum absolute atomic E-state index is 6.28. The quantitative estimate of drug-likeness (QED) is 0.607. The molecular formula is C17H21Cl2N3O2. The monoisotopic (exact) mass is 369 g/mol. The predicted molar refractivity (Wildman–Crippen MR) is 95.6 cm³/mol. The van der Waals surface area contributed by atoms with Crippen molar-refractivity contribution < 1.29 is 9.15 Å². The van der Waals surface area contributed by atoms with E-state index < -0.39 is 0 Å². The first-order valence-electron chi connectivity index (χ1n) is 7.82. The Labute approximate surface area is 152 Å². The van der Waals surface area contributed by atoms with Crippen LogP contribution in [0.2, 0.25) is 10.0 Å². The summed E-state index contributed by atoms with van der Waals surface area (Å²) in [4.78, 5) is 2.17. The number of aromatic nitrogens is 2. The normalized spacial score (nSPS) is 11.0. The molecule has 1 aromatic carbocycles. The second-order valence-electron chi connectivity index (χ2n) is 5.23. The molecule has 1 aromatic heterocycles. The van der Waals surface area contributed by atoms with Gasteiger partial charge in [-0.1, -0.05) is 49.7 Å². The summed E-state index contributed by atoms with van der Waals surface area (Å²) in [5.41, 5.74) is 0.994. The van der Waals surface area contributed by atoms with Crippen LogP contribution >= 0.6 is 23.2 Å². The van der Waals surface area contributed by atoms with E-state index in [2.05, 4.69) is 28.6 Å². The van der Waals surface area contributed by atoms with Crippen LogP contribution in [0.25, 0.3) is 0 Å². The molecule has 0 spiro atoms. The van der Waals surface area contributed by atoms with Crippen LogP contribution in [0, 0.1) is 0 Å². The van der Waals surface area contributed by atoms with Crippen molar-refractivity contribution in [3.63, 3.8) is 0 Å². The minimum atomic E-state index is 0.358. The molecular weight excluding hydrogens is 349 g/mol. The lowest BCUT2D eigenvalue weighted by Gasteiger charge is -2.19. The minimum absolute atomic E-state index is 0.358. The van der Waals surface area contributed by atoms with Gasteiger partial charge in [0.2, 0.25) is 11.8 Å². The van der Waals surface area contributed by atoms with Gasteiger partial charge in [0.15, 0.2) is 5.75 Å². The van der Waals surface area contributed by atoms with E-state index in [1.165, 1.54) is 0 Å². The van der Waals surface area contributed by atoms with Gasteiger partial charge in [0.25, 0.3) is 0 Å². The maximum atomic E-state index is 6.28. The third-order valence-electron chi connectivity index (χ3n) is 3.43. The Morgan fingerprint density at radius 3 is 2.38 bits per heavy atom. The molecule has 5 nitrogen and oxygen atoms in total. The number of nitrogens with zero attached hydrogens (tertiary/aromatic N) is 3. The number of ether oxygens (including phenoxy) is 1. The Balaban J connectivity index is 2.08. The van der Waals surface area contributed by atoms with E-state index >= 15 is 0 Å². The SMILES string of the molecule is C=CCOc1c(Cl)cc(CN(CC)Cc2nnc(CC)o2)cc1Cl. The van der Waals surface area contributed by atoms with Gasteiger partial charge in [-0.2, -0.15) is 0 Å². The zero-order chi connectivity index (χ0) is 17.5. The van der Waals surface area contributed by atoms with E-state index in [0.717, 1.165) is 18.5 Å². The van der Waals surface area contributed by atoms with Gasteiger partial charge in [-0.05, 0) is 24.2 Å². The topological polar surface area (TPSA) is 51.4 Å². The Kier molecular flexibility index (Phi) is 7.09. The van der Waals surface area contributed by atoms with Crippen molar-refractivity contribution in [3.05, 3.63) is 52.2 Å². The molecule has 2 rings (SSSR count). The molecule has 0 atom stereocenters. The number of halogens is 2. The molecule has 0 bridgehead atoms. The molecule has 24 heavy (non-hydrogen) atoms. The standard InChI is InChI=1S/C17H21Cl2N3O2/c1-4-7-23-17-13(18)8-12(9-14(17)19)10-22(6-3)11-16-21-20-15(5-2)24-16/h4,8-9H,1,5-7,10-11H2,2-3H3. The molecule has 0 radical (unpaired) electrons. The summed E-state index contributed by atoms with van der Waals surface area (Å²) in [5.74, 6) is 1.74. The molecule has 2 aromatic rings. The van der Waals surface area contributed by atoms with Gasteiger partial charge in [-0.3, -0.25) is 4.90 Å². The van der Waals surface area contributed by atoms with E-state index in [-0.39, 0.29) is 0 Å². The highest BCUT2D eigenvalue weighted by molar-refractivity contribution is 6.37. The highest BCUT2D eigenvalue weighted by Gasteiger charge is 2.14. The third kappa shape index (κ3) is 4.97. The van der Waals surface area contributed by atoms with Crippen LogP contribution in [-0.4, -0.2) is 28.2 Å². The summed E-state index contributed by atoms with van der Waals surface area (Å²) in [5, 5.41) is 9.02. The smallest absolute Gasteiger partial charge is 0.230 e. The first-order chi connectivity index (χ1) is 11.6. The van der Waals surface area contributed by atoms with Crippen molar-refractivity contribution in [3.8, 4) is 5.75 Å². The molecule has 0 N–H and O–H groups in total. The number of hydrogen-bond donors (Lipinski definition) is 0. The Morgan fingerprint density at radius 1 is 1.17 bits per heavy atom. The van der Waals surface area contributed by atoms with Crippen molar-refractivity contribution in [2.24, 2.45) is 0 Å². The van der Waals surface area contributed by atoms with Crippen molar-refractivity contribution in [2.75, 3.05) is 13.2 Å². The molecule has 7 heteroatoms. The minimum Gasteiger partial charge on any atom is -0.486 e. The van der Waals surface area contributed by atoms with Gasteiger partial charge in [-0.15, -0.1) is 10.2 Å². The zero-order valence-electron chi connectivity index (χ0n) is 13.9. The van der Waals surface area contributed by atoms with Crippen LogP contribution in [0.1, 0.15) is 31.2 Å². The van der Waals surface area contributed by atoms with Crippen LogP contribution < -0.4 is 4.74 Å². The first kappa shape index (κ1) is 18.8. The Bertz CT molecular complexity index is 665. The van der Waals surface area contributed by atoms with E-state index in [4.69, 9.17) is 32.4 Å². The molecule has 130 valence electrons. The lowest BCUT2D eigenvalue weighted by Crippen LogP contribution is -2.22. The van der Waals surface area contributed by atoms with Gasteiger partial charge < -0.3 is 9.15 Å². The van der Waals surface area contributed by atoms with Crippen molar-refractivity contribution in [1.82, 2.24) is 15.1 Å². The third-order valence-corrected chi connectivity index (χ3v) is 3.99. The fourth-order valence-corrected chi connectivity index (χ4v) is 2.85. The lowest BCUT2D eigenvalue weighted by atomic mass is 10.2. The summed E-state index contributed by atoms with van der Waals surface area (Å²) in [7, 11) is 0. The van der Waals surface area contributed by atoms with Crippen molar-refractivity contribution in [1.29, 1.82) is 0 Å². The fraction of sp³-hybridized carbons (Fsp3) is 0.412. The second kappa shape index (κ2) is 9.06. The second-order valence-corrected chi connectivity index (χ2v) is 6.05. The summed E-state index contributed by atoms with van der Waals surface area (Å²) in [6.07, 6.45) is 2.38. The predicted octanol–water partition coefficient (Wildman–Crippen LogP) is 4.53. The van der Waals surface area contributed by atoms with E-state index in [1.54, 1.807) is 6.08 Å². The Morgan fingerprint density at radius 2 is 1.83 bits per heavy atom. The van der Waals surface area contributed by atoms with Crippen LogP contribution in [0.4, 0.5) is 0 Å². The molecule has 0 saturated heterocycles.